The molecule has 17 heavy (non-hydrogen) atoms. The lowest BCUT2D eigenvalue weighted by Crippen LogP contribution is -1.88. The predicted octanol–water partition coefficient (Wildman–Crippen LogP) is 4.05. The Hall–Kier alpha value is -1.76. The first-order valence-corrected chi connectivity index (χ1v) is 5.43. The Labute approximate surface area is 108 Å². The lowest BCUT2D eigenvalue weighted by atomic mass is 10.3. The van der Waals surface area contributed by atoms with Crippen LogP contribution in [0, 0.1) is 11.3 Å². The Balaban J connectivity index is 2.22. The number of rotatable bonds is 2. The van der Waals surface area contributed by atoms with Gasteiger partial charge in [0.15, 0.2) is 0 Å². The topological polar surface area (TPSA) is 45.9 Å². The maximum Gasteiger partial charge on any atom is 0.219 e. The second-order valence-electron chi connectivity index (χ2n) is 3.20. The second kappa shape index (κ2) is 5.05. The molecule has 0 unspecified atom stereocenters. The summed E-state index contributed by atoms with van der Waals surface area (Å²) in [5.41, 5.74) is 0.474. The number of ether oxygens (including phenoxy) is 1. The summed E-state index contributed by atoms with van der Waals surface area (Å²) in [5, 5.41) is 9.60. The van der Waals surface area contributed by atoms with Crippen molar-refractivity contribution >= 4 is 23.2 Å². The summed E-state index contributed by atoms with van der Waals surface area (Å²) in [7, 11) is 0. The maximum atomic E-state index is 8.63. The predicted molar refractivity (Wildman–Crippen MR) is 65.5 cm³/mol. The Morgan fingerprint density at radius 3 is 2.35 bits per heavy atom. The van der Waals surface area contributed by atoms with E-state index < -0.39 is 0 Å². The third-order valence-electron chi connectivity index (χ3n) is 1.92. The summed E-state index contributed by atoms with van der Waals surface area (Å²) in [5.74, 6) is 0.877. The van der Waals surface area contributed by atoms with Crippen molar-refractivity contribution < 1.29 is 4.74 Å². The summed E-state index contributed by atoms with van der Waals surface area (Å²) < 4.78 is 5.45. The highest BCUT2D eigenvalue weighted by atomic mass is 35.5. The minimum Gasteiger partial charge on any atom is -0.439 e. The van der Waals surface area contributed by atoms with Gasteiger partial charge in [0.2, 0.25) is 5.88 Å². The van der Waals surface area contributed by atoms with Gasteiger partial charge in [-0.05, 0) is 24.3 Å². The molecule has 1 aromatic heterocycles. The minimum atomic E-state index is 0.377. The van der Waals surface area contributed by atoms with Gasteiger partial charge in [-0.2, -0.15) is 5.26 Å². The highest BCUT2D eigenvalue weighted by molar-refractivity contribution is 6.34. The van der Waals surface area contributed by atoms with Crippen LogP contribution >= 0.6 is 23.2 Å². The third-order valence-corrected chi connectivity index (χ3v) is 2.36. The molecule has 0 saturated heterocycles. The molecule has 0 aliphatic rings. The average Bonchev–Trinajstić information content (AvgIpc) is 2.28. The molecule has 0 fully saturated rings. The van der Waals surface area contributed by atoms with Gasteiger partial charge in [0.05, 0.1) is 5.56 Å². The molecule has 84 valence electrons. The van der Waals surface area contributed by atoms with Gasteiger partial charge in [-0.15, -0.1) is 0 Å². The number of halogens is 2. The zero-order valence-corrected chi connectivity index (χ0v) is 10.0. The molecular formula is C12H6Cl2N2O. The first-order chi connectivity index (χ1) is 8.17. The van der Waals surface area contributed by atoms with E-state index in [0.717, 1.165) is 0 Å². The van der Waals surface area contributed by atoms with Crippen LogP contribution in [0.1, 0.15) is 5.56 Å². The molecule has 0 radical (unpaired) electrons. The van der Waals surface area contributed by atoms with E-state index in [1.54, 1.807) is 30.3 Å². The van der Waals surface area contributed by atoms with Crippen LogP contribution in [0.4, 0.5) is 0 Å². The summed E-state index contributed by atoms with van der Waals surface area (Å²) in [6, 6.07) is 10.1. The van der Waals surface area contributed by atoms with Crippen LogP contribution in [0.3, 0.4) is 0 Å². The summed E-state index contributed by atoms with van der Waals surface area (Å²) in [6.07, 6.45) is 1.43. The van der Waals surface area contributed by atoms with E-state index in [-0.39, 0.29) is 0 Å². The number of hydrogen-bond acceptors (Lipinski definition) is 3. The van der Waals surface area contributed by atoms with Gasteiger partial charge in [0.1, 0.15) is 11.8 Å². The quantitative estimate of drug-likeness (QED) is 0.822. The van der Waals surface area contributed by atoms with Crippen molar-refractivity contribution in [3.05, 3.63) is 52.1 Å². The fourth-order valence-corrected chi connectivity index (χ4v) is 1.72. The van der Waals surface area contributed by atoms with Crippen molar-refractivity contribution in [2.45, 2.75) is 0 Å². The number of hydrogen-bond donors (Lipinski definition) is 0. The molecule has 1 aromatic carbocycles. The van der Waals surface area contributed by atoms with E-state index in [1.807, 2.05) is 6.07 Å². The van der Waals surface area contributed by atoms with Gasteiger partial charge in [0, 0.05) is 22.3 Å². The Morgan fingerprint density at radius 1 is 1.12 bits per heavy atom. The monoisotopic (exact) mass is 264 g/mol. The van der Waals surface area contributed by atoms with Crippen LogP contribution in [0.5, 0.6) is 11.6 Å². The highest BCUT2D eigenvalue weighted by Gasteiger charge is 2.02. The third kappa shape index (κ3) is 3.10. The van der Waals surface area contributed by atoms with Crippen molar-refractivity contribution in [1.82, 2.24) is 4.98 Å². The number of pyridine rings is 1. The smallest absolute Gasteiger partial charge is 0.219 e. The molecule has 5 heteroatoms. The second-order valence-corrected chi connectivity index (χ2v) is 4.08. The van der Waals surface area contributed by atoms with E-state index in [2.05, 4.69) is 4.98 Å². The molecule has 1 heterocycles. The number of nitriles is 1. The van der Waals surface area contributed by atoms with Crippen molar-refractivity contribution in [2.75, 3.05) is 0 Å². The van der Waals surface area contributed by atoms with Gasteiger partial charge in [-0.25, -0.2) is 4.98 Å². The molecule has 0 bridgehead atoms. The molecule has 0 N–H and O–H groups in total. The van der Waals surface area contributed by atoms with E-state index in [4.69, 9.17) is 33.2 Å². The largest absolute Gasteiger partial charge is 0.439 e. The lowest BCUT2D eigenvalue weighted by Gasteiger charge is -2.05. The summed E-state index contributed by atoms with van der Waals surface area (Å²) >= 11 is 11.7. The van der Waals surface area contributed by atoms with Gasteiger partial charge in [-0.1, -0.05) is 23.2 Å². The standard InChI is InChI=1S/C12H6Cl2N2O/c13-9-3-10(14)5-11(4-9)17-12-2-1-8(6-15)7-16-12/h1-5,7H. The fraction of sp³-hybridized carbons (Fsp3) is 0. The molecule has 0 spiro atoms. The minimum absolute atomic E-state index is 0.377. The van der Waals surface area contributed by atoms with E-state index in [9.17, 15) is 0 Å². The van der Waals surface area contributed by atoms with Crippen LogP contribution in [-0.4, -0.2) is 4.98 Å². The number of benzene rings is 1. The Morgan fingerprint density at radius 2 is 1.82 bits per heavy atom. The van der Waals surface area contributed by atoms with Gasteiger partial charge >= 0.3 is 0 Å². The summed E-state index contributed by atoms with van der Waals surface area (Å²) in [6.45, 7) is 0. The molecular weight excluding hydrogens is 259 g/mol. The van der Waals surface area contributed by atoms with Crippen LogP contribution in [0.15, 0.2) is 36.5 Å². The van der Waals surface area contributed by atoms with E-state index in [0.29, 0.717) is 27.2 Å². The zero-order valence-electron chi connectivity index (χ0n) is 8.52. The van der Waals surface area contributed by atoms with Crippen molar-refractivity contribution in [1.29, 1.82) is 5.26 Å². The van der Waals surface area contributed by atoms with E-state index >= 15 is 0 Å². The molecule has 0 amide bonds. The summed E-state index contributed by atoms with van der Waals surface area (Å²) in [4.78, 5) is 3.97. The van der Waals surface area contributed by atoms with Crippen LogP contribution < -0.4 is 4.74 Å². The van der Waals surface area contributed by atoms with Crippen molar-refractivity contribution in [3.8, 4) is 17.7 Å². The molecule has 0 aliphatic carbocycles. The van der Waals surface area contributed by atoms with Crippen molar-refractivity contribution in [3.63, 3.8) is 0 Å². The molecule has 2 rings (SSSR count). The SMILES string of the molecule is N#Cc1ccc(Oc2cc(Cl)cc(Cl)c2)nc1. The Bertz CT molecular complexity index is 556. The first-order valence-electron chi connectivity index (χ1n) is 4.67. The molecule has 0 atom stereocenters. The number of nitrogens with zero attached hydrogens (tertiary/aromatic N) is 2. The fourth-order valence-electron chi connectivity index (χ4n) is 1.22. The van der Waals surface area contributed by atoms with Gasteiger partial charge < -0.3 is 4.74 Å². The number of aromatic nitrogens is 1. The molecule has 2 aromatic rings. The molecule has 0 aliphatic heterocycles. The zero-order chi connectivity index (χ0) is 12.3. The van der Waals surface area contributed by atoms with Gasteiger partial charge in [-0.3, -0.25) is 0 Å². The van der Waals surface area contributed by atoms with Crippen LogP contribution in [0.25, 0.3) is 0 Å². The molecule has 0 saturated carbocycles. The normalized spacial score (nSPS) is 9.71. The lowest BCUT2D eigenvalue weighted by molar-refractivity contribution is 0.463. The van der Waals surface area contributed by atoms with Gasteiger partial charge in [0.25, 0.3) is 0 Å². The maximum absolute atomic E-state index is 8.63. The average molecular weight is 265 g/mol. The van der Waals surface area contributed by atoms with Crippen LogP contribution in [0.2, 0.25) is 10.0 Å². The van der Waals surface area contributed by atoms with Crippen LogP contribution in [-0.2, 0) is 0 Å². The first kappa shape index (κ1) is 11.7. The molecule has 3 nitrogen and oxygen atoms in total. The highest BCUT2D eigenvalue weighted by Crippen LogP contribution is 2.27. The van der Waals surface area contributed by atoms with E-state index in [1.165, 1.54) is 6.20 Å². The van der Waals surface area contributed by atoms with Crippen molar-refractivity contribution in [2.24, 2.45) is 0 Å². The Kier molecular flexibility index (Phi) is 3.48.